The summed E-state index contributed by atoms with van der Waals surface area (Å²) in [5.41, 5.74) is 2.84. The maximum atomic E-state index is 4.57. The van der Waals surface area contributed by atoms with Crippen molar-refractivity contribution in [3.05, 3.63) is 48.9 Å². The highest BCUT2D eigenvalue weighted by molar-refractivity contribution is 6.30. The highest BCUT2D eigenvalue weighted by Gasteiger charge is 2.14. The Morgan fingerprint density at radius 2 is 1.65 bits per heavy atom. The first kappa shape index (κ1) is 9.97. The van der Waals surface area contributed by atoms with Crippen molar-refractivity contribution in [3.8, 4) is 0 Å². The predicted octanol–water partition coefficient (Wildman–Crippen LogP) is 3.32. The van der Waals surface area contributed by atoms with Crippen LogP contribution in [0.2, 0.25) is 0 Å². The van der Waals surface area contributed by atoms with Gasteiger partial charge < -0.3 is 0 Å². The molecule has 0 amide bonds. The molecule has 92 valence electrons. The van der Waals surface area contributed by atoms with E-state index in [1.54, 1.807) is 6.20 Å². The molecule has 0 spiro atoms. The van der Waals surface area contributed by atoms with Crippen LogP contribution in [0.3, 0.4) is 0 Å². The van der Waals surface area contributed by atoms with E-state index in [4.69, 9.17) is 0 Å². The van der Waals surface area contributed by atoms with Crippen LogP contribution < -0.4 is 0 Å². The molecule has 5 aromatic rings. The molecular formula is C16H8N4. The summed E-state index contributed by atoms with van der Waals surface area (Å²) in [6.45, 7) is 0. The van der Waals surface area contributed by atoms with E-state index in [-0.39, 0.29) is 0 Å². The lowest BCUT2D eigenvalue weighted by Crippen LogP contribution is -1.92. The maximum absolute atomic E-state index is 4.57. The Bertz CT molecular complexity index is 931. The first-order valence-electron chi connectivity index (χ1n) is 6.42. The molecule has 2 aromatic carbocycles. The molecule has 0 saturated carbocycles. The van der Waals surface area contributed by atoms with Crippen molar-refractivity contribution in [3.63, 3.8) is 0 Å². The number of rotatable bonds is 0. The minimum Gasteiger partial charge on any atom is -0.256 e. The molecule has 3 heterocycles. The lowest BCUT2D eigenvalue weighted by Gasteiger charge is -2.11. The number of hydrogen-bond acceptors (Lipinski definition) is 4. The second-order valence-electron chi connectivity index (χ2n) is 4.87. The van der Waals surface area contributed by atoms with Crippen LogP contribution in [0.1, 0.15) is 0 Å². The summed E-state index contributed by atoms with van der Waals surface area (Å²) in [5, 5.41) is 13.9. The lowest BCUT2D eigenvalue weighted by molar-refractivity contribution is 1.08. The quantitative estimate of drug-likeness (QED) is 0.315. The number of fused-ring (bicyclic) bond motifs is 2. The van der Waals surface area contributed by atoms with Gasteiger partial charge in [-0.1, -0.05) is 12.1 Å². The number of nitrogens with zero attached hydrogens (tertiary/aromatic N) is 4. The Balaban J connectivity index is 2.32. The van der Waals surface area contributed by atoms with Crippen LogP contribution in [0.4, 0.5) is 0 Å². The zero-order valence-corrected chi connectivity index (χ0v) is 10.4. The molecule has 4 heteroatoms. The van der Waals surface area contributed by atoms with E-state index in [1.165, 1.54) is 0 Å². The van der Waals surface area contributed by atoms with E-state index in [1.807, 2.05) is 36.7 Å². The third kappa shape index (κ3) is 1.07. The summed E-state index contributed by atoms with van der Waals surface area (Å²) in [6.07, 6.45) is 5.45. The van der Waals surface area contributed by atoms with Crippen molar-refractivity contribution < 1.29 is 0 Å². The molecule has 5 rings (SSSR count). The van der Waals surface area contributed by atoms with Crippen LogP contribution >= 0.6 is 0 Å². The van der Waals surface area contributed by atoms with Crippen LogP contribution in [0.25, 0.3) is 43.5 Å². The molecule has 0 atom stereocenters. The van der Waals surface area contributed by atoms with Gasteiger partial charge in [0, 0.05) is 33.9 Å². The fourth-order valence-electron chi connectivity index (χ4n) is 3.05. The Morgan fingerprint density at radius 1 is 0.700 bits per heavy atom. The molecule has 20 heavy (non-hydrogen) atoms. The van der Waals surface area contributed by atoms with Crippen molar-refractivity contribution in [1.82, 2.24) is 20.2 Å². The molecule has 0 N–H and O–H groups in total. The van der Waals surface area contributed by atoms with Crippen molar-refractivity contribution in [2.24, 2.45) is 0 Å². The van der Waals surface area contributed by atoms with E-state index in [0.717, 1.165) is 43.5 Å². The lowest BCUT2D eigenvalue weighted by atomic mass is 9.97. The van der Waals surface area contributed by atoms with Gasteiger partial charge in [0.15, 0.2) is 0 Å². The molecule has 0 aliphatic rings. The summed E-state index contributed by atoms with van der Waals surface area (Å²) in [5.74, 6) is 0. The molecule has 0 unspecified atom stereocenters. The second kappa shape index (κ2) is 3.36. The number of hydrogen-bond donors (Lipinski definition) is 0. The van der Waals surface area contributed by atoms with Gasteiger partial charge in [0.05, 0.1) is 22.7 Å². The van der Waals surface area contributed by atoms with Crippen molar-refractivity contribution in [2.45, 2.75) is 0 Å². The van der Waals surface area contributed by atoms with Crippen molar-refractivity contribution in [2.75, 3.05) is 0 Å². The second-order valence-corrected chi connectivity index (χ2v) is 4.87. The van der Waals surface area contributed by atoms with E-state index in [9.17, 15) is 0 Å². The molecule has 0 aliphatic carbocycles. The van der Waals surface area contributed by atoms with Crippen LogP contribution in [0, 0.1) is 0 Å². The topological polar surface area (TPSA) is 51.6 Å². The van der Waals surface area contributed by atoms with Gasteiger partial charge in [-0.25, -0.2) is 0 Å². The fraction of sp³-hybridized carbons (Fsp3) is 0. The van der Waals surface area contributed by atoms with E-state index >= 15 is 0 Å². The first-order chi connectivity index (χ1) is 9.93. The van der Waals surface area contributed by atoms with Crippen LogP contribution in [0.5, 0.6) is 0 Å². The number of pyridine rings is 2. The highest BCUT2D eigenvalue weighted by atomic mass is 15.1. The average Bonchev–Trinajstić information content (AvgIpc) is 2.52. The molecule has 0 fully saturated rings. The monoisotopic (exact) mass is 256 g/mol. The Kier molecular flexibility index (Phi) is 1.68. The summed E-state index contributed by atoms with van der Waals surface area (Å²) in [6, 6.07) is 10.1. The molecule has 0 aliphatic heterocycles. The van der Waals surface area contributed by atoms with Crippen molar-refractivity contribution >= 4 is 43.5 Å². The van der Waals surface area contributed by atoms with E-state index < -0.39 is 0 Å². The van der Waals surface area contributed by atoms with Crippen LogP contribution in [-0.2, 0) is 0 Å². The standard InChI is InChI=1S/C16H8N4/c1-2-10-14-9(4-6-17-12(14)3-1)11-8-19-20-13-5-7-18-16(10)15(11)13/h1-8H. The SMILES string of the molecule is c1cc2nccc3c4cnnc5ccnc(c(c1)c23)c54. The largest absolute Gasteiger partial charge is 0.256 e. The van der Waals surface area contributed by atoms with E-state index in [0.29, 0.717) is 0 Å². The van der Waals surface area contributed by atoms with Gasteiger partial charge >= 0.3 is 0 Å². The maximum Gasteiger partial charge on any atom is 0.0973 e. The molecular weight excluding hydrogens is 248 g/mol. The minimum absolute atomic E-state index is 0.881. The van der Waals surface area contributed by atoms with Gasteiger partial charge in [0.2, 0.25) is 0 Å². The summed E-state index contributed by atoms with van der Waals surface area (Å²) >= 11 is 0. The smallest absolute Gasteiger partial charge is 0.0973 e. The zero-order chi connectivity index (χ0) is 13.1. The fourth-order valence-corrected chi connectivity index (χ4v) is 3.05. The predicted molar refractivity (Wildman–Crippen MR) is 78.8 cm³/mol. The van der Waals surface area contributed by atoms with Gasteiger partial charge in [0.25, 0.3) is 0 Å². The van der Waals surface area contributed by atoms with Crippen LogP contribution in [-0.4, -0.2) is 20.2 Å². The Morgan fingerprint density at radius 3 is 2.65 bits per heavy atom. The van der Waals surface area contributed by atoms with Gasteiger partial charge in [-0.15, -0.1) is 0 Å². The van der Waals surface area contributed by atoms with Crippen LogP contribution in [0.15, 0.2) is 48.9 Å². The van der Waals surface area contributed by atoms with E-state index in [2.05, 4.69) is 26.2 Å². The minimum atomic E-state index is 0.881. The Labute approximate surface area is 113 Å². The number of aromatic nitrogens is 4. The van der Waals surface area contributed by atoms with Crippen molar-refractivity contribution in [1.29, 1.82) is 0 Å². The third-order valence-electron chi connectivity index (χ3n) is 3.86. The molecule has 0 radical (unpaired) electrons. The molecule has 0 saturated heterocycles. The average molecular weight is 256 g/mol. The molecule has 4 nitrogen and oxygen atoms in total. The zero-order valence-electron chi connectivity index (χ0n) is 10.4. The van der Waals surface area contributed by atoms with Gasteiger partial charge in [-0.2, -0.15) is 10.2 Å². The van der Waals surface area contributed by atoms with Gasteiger partial charge in [-0.05, 0) is 23.6 Å². The number of benzene rings is 2. The first-order valence-corrected chi connectivity index (χ1v) is 6.42. The molecule has 0 bridgehead atoms. The Hall–Kier alpha value is -2.88. The summed E-state index contributed by atoms with van der Waals surface area (Å²) in [7, 11) is 0. The third-order valence-corrected chi connectivity index (χ3v) is 3.86. The molecule has 3 aromatic heterocycles. The van der Waals surface area contributed by atoms with Gasteiger partial charge in [0.1, 0.15) is 0 Å². The summed E-state index contributed by atoms with van der Waals surface area (Å²) in [4.78, 5) is 9.02. The van der Waals surface area contributed by atoms with Gasteiger partial charge in [-0.3, -0.25) is 9.97 Å². The highest BCUT2D eigenvalue weighted by Crippen LogP contribution is 2.36. The normalized spacial score (nSPS) is 12.0. The summed E-state index contributed by atoms with van der Waals surface area (Å²) < 4.78 is 0.